The van der Waals surface area contributed by atoms with Gasteiger partial charge in [0.2, 0.25) is 0 Å². The lowest BCUT2D eigenvalue weighted by atomic mass is 10.1. The third-order valence-electron chi connectivity index (χ3n) is 2.44. The molecule has 1 aromatic carbocycles. The fourth-order valence-electron chi connectivity index (χ4n) is 1.43. The Morgan fingerprint density at radius 3 is 2.47 bits per heavy atom. The van der Waals surface area contributed by atoms with Gasteiger partial charge in [-0.3, -0.25) is 10.1 Å². The van der Waals surface area contributed by atoms with Gasteiger partial charge < -0.3 is 15.4 Å². The van der Waals surface area contributed by atoms with Crippen LogP contribution in [-0.4, -0.2) is 37.8 Å². The van der Waals surface area contributed by atoms with Gasteiger partial charge >= 0.3 is 6.03 Å². The summed E-state index contributed by atoms with van der Waals surface area (Å²) in [5.41, 5.74) is 0.997. The minimum Gasteiger partial charge on any atom is -0.383 e. The zero-order valence-corrected chi connectivity index (χ0v) is 10.7. The van der Waals surface area contributed by atoms with Crippen LogP contribution in [0.2, 0.25) is 0 Å². The molecular weight excluding hydrogens is 250 g/mol. The second kappa shape index (κ2) is 8.04. The molecule has 1 rings (SSSR count). The van der Waals surface area contributed by atoms with E-state index in [1.54, 1.807) is 19.2 Å². The SMILES string of the molecule is COCCNC(=O)NCCc1ccc([N+](=O)[O-])cc1. The lowest BCUT2D eigenvalue weighted by molar-refractivity contribution is -0.384. The summed E-state index contributed by atoms with van der Waals surface area (Å²) in [4.78, 5) is 21.3. The molecule has 7 nitrogen and oxygen atoms in total. The topological polar surface area (TPSA) is 93.5 Å². The van der Waals surface area contributed by atoms with E-state index in [9.17, 15) is 14.9 Å². The number of benzene rings is 1. The molecule has 0 spiro atoms. The fraction of sp³-hybridized carbons (Fsp3) is 0.417. The van der Waals surface area contributed by atoms with Gasteiger partial charge in [0.15, 0.2) is 0 Å². The van der Waals surface area contributed by atoms with Crippen LogP contribution in [0.4, 0.5) is 10.5 Å². The first kappa shape index (κ1) is 14.9. The Morgan fingerprint density at radius 2 is 1.89 bits per heavy atom. The Balaban J connectivity index is 2.25. The van der Waals surface area contributed by atoms with E-state index < -0.39 is 4.92 Å². The smallest absolute Gasteiger partial charge is 0.314 e. The Morgan fingerprint density at radius 1 is 1.26 bits per heavy atom. The van der Waals surface area contributed by atoms with Crippen molar-refractivity contribution in [3.63, 3.8) is 0 Å². The fourth-order valence-corrected chi connectivity index (χ4v) is 1.43. The number of nitrogens with one attached hydrogen (secondary N) is 2. The Bertz CT molecular complexity index is 419. The lowest BCUT2D eigenvalue weighted by Gasteiger charge is -2.07. The Kier molecular flexibility index (Phi) is 6.31. The number of hydrogen-bond acceptors (Lipinski definition) is 4. The highest BCUT2D eigenvalue weighted by atomic mass is 16.6. The summed E-state index contributed by atoms with van der Waals surface area (Å²) in [6, 6.07) is 6.02. The largest absolute Gasteiger partial charge is 0.383 e. The lowest BCUT2D eigenvalue weighted by Crippen LogP contribution is -2.38. The first-order valence-electron chi connectivity index (χ1n) is 5.87. The molecule has 0 aromatic heterocycles. The van der Waals surface area contributed by atoms with E-state index in [2.05, 4.69) is 10.6 Å². The van der Waals surface area contributed by atoms with Crippen molar-refractivity contribution in [2.45, 2.75) is 6.42 Å². The summed E-state index contributed by atoms with van der Waals surface area (Å²) in [5.74, 6) is 0. The van der Waals surface area contributed by atoms with Crippen LogP contribution in [0.5, 0.6) is 0 Å². The third-order valence-corrected chi connectivity index (χ3v) is 2.44. The number of methoxy groups -OCH3 is 1. The van der Waals surface area contributed by atoms with Crippen LogP contribution >= 0.6 is 0 Å². The second-order valence-electron chi connectivity index (χ2n) is 3.85. The molecule has 0 aliphatic carbocycles. The monoisotopic (exact) mass is 267 g/mol. The van der Waals surface area contributed by atoms with Crippen LogP contribution in [0.3, 0.4) is 0 Å². The van der Waals surface area contributed by atoms with Gasteiger partial charge in [-0.25, -0.2) is 4.79 Å². The minimum absolute atomic E-state index is 0.0639. The van der Waals surface area contributed by atoms with E-state index in [1.807, 2.05) is 0 Å². The Hall–Kier alpha value is -2.15. The van der Waals surface area contributed by atoms with Crippen LogP contribution < -0.4 is 10.6 Å². The van der Waals surface area contributed by atoms with Crippen molar-refractivity contribution in [3.8, 4) is 0 Å². The summed E-state index contributed by atoms with van der Waals surface area (Å²) in [5, 5.41) is 15.8. The number of hydrogen-bond donors (Lipinski definition) is 2. The molecule has 0 saturated carbocycles. The summed E-state index contributed by atoms with van der Waals surface area (Å²) in [6.07, 6.45) is 0.621. The predicted molar refractivity (Wildman–Crippen MR) is 70.1 cm³/mol. The average Bonchev–Trinajstić information content (AvgIpc) is 2.39. The van der Waals surface area contributed by atoms with Crippen molar-refractivity contribution in [3.05, 3.63) is 39.9 Å². The molecule has 1 aromatic rings. The molecular formula is C12H17N3O4. The number of urea groups is 1. The maximum Gasteiger partial charge on any atom is 0.314 e. The molecule has 0 aliphatic rings. The van der Waals surface area contributed by atoms with Crippen molar-refractivity contribution in [2.75, 3.05) is 26.8 Å². The number of amides is 2. The maximum atomic E-state index is 11.3. The summed E-state index contributed by atoms with van der Waals surface area (Å²) in [7, 11) is 1.56. The van der Waals surface area contributed by atoms with Crippen LogP contribution in [-0.2, 0) is 11.2 Å². The molecule has 7 heteroatoms. The van der Waals surface area contributed by atoms with Crippen LogP contribution in [0, 0.1) is 10.1 Å². The van der Waals surface area contributed by atoms with Gasteiger partial charge in [-0.2, -0.15) is 0 Å². The summed E-state index contributed by atoms with van der Waals surface area (Å²) in [6.45, 7) is 1.40. The number of non-ortho nitro benzene ring substituents is 1. The highest BCUT2D eigenvalue weighted by Gasteiger charge is 2.04. The average molecular weight is 267 g/mol. The number of nitro groups is 1. The molecule has 0 bridgehead atoms. The molecule has 104 valence electrons. The molecule has 0 aliphatic heterocycles. The molecule has 0 fully saturated rings. The zero-order chi connectivity index (χ0) is 14.1. The van der Waals surface area contributed by atoms with E-state index in [4.69, 9.17) is 4.74 Å². The van der Waals surface area contributed by atoms with E-state index >= 15 is 0 Å². The number of carbonyl (C=O) groups excluding carboxylic acids is 1. The van der Waals surface area contributed by atoms with E-state index in [0.717, 1.165) is 5.56 Å². The summed E-state index contributed by atoms with van der Waals surface area (Å²) < 4.78 is 4.80. The first-order valence-corrected chi connectivity index (χ1v) is 5.87. The number of ether oxygens (including phenoxy) is 1. The van der Waals surface area contributed by atoms with Gasteiger partial charge in [0.1, 0.15) is 0 Å². The molecule has 0 heterocycles. The number of nitro benzene ring substituents is 1. The van der Waals surface area contributed by atoms with Crippen LogP contribution in [0.15, 0.2) is 24.3 Å². The van der Waals surface area contributed by atoms with Crippen molar-refractivity contribution in [1.29, 1.82) is 0 Å². The van der Waals surface area contributed by atoms with Gasteiger partial charge in [-0.05, 0) is 12.0 Å². The van der Waals surface area contributed by atoms with Crippen molar-refractivity contribution in [2.24, 2.45) is 0 Å². The van der Waals surface area contributed by atoms with Gasteiger partial charge in [0.05, 0.1) is 11.5 Å². The van der Waals surface area contributed by atoms with Crippen molar-refractivity contribution in [1.82, 2.24) is 10.6 Å². The van der Waals surface area contributed by atoms with Crippen LogP contribution in [0.25, 0.3) is 0 Å². The van der Waals surface area contributed by atoms with E-state index in [1.165, 1.54) is 12.1 Å². The molecule has 2 N–H and O–H groups in total. The molecule has 0 atom stereocenters. The molecule has 0 saturated heterocycles. The Labute approximate surface area is 111 Å². The summed E-state index contributed by atoms with van der Waals surface area (Å²) >= 11 is 0. The van der Waals surface area contributed by atoms with Gasteiger partial charge in [-0.1, -0.05) is 12.1 Å². The molecule has 2 amide bonds. The van der Waals surface area contributed by atoms with E-state index in [-0.39, 0.29) is 11.7 Å². The van der Waals surface area contributed by atoms with Crippen molar-refractivity contribution < 1.29 is 14.5 Å². The highest BCUT2D eigenvalue weighted by molar-refractivity contribution is 5.73. The minimum atomic E-state index is -0.439. The molecule has 0 unspecified atom stereocenters. The zero-order valence-electron chi connectivity index (χ0n) is 10.7. The van der Waals surface area contributed by atoms with Gasteiger partial charge in [-0.15, -0.1) is 0 Å². The normalized spacial score (nSPS) is 9.95. The second-order valence-corrected chi connectivity index (χ2v) is 3.85. The van der Waals surface area contributed by atoms with Crippen molar-refractivity contribution >= 4 is 11.7 Å². The number of nitrogens with zero attached hydrogens (tertiary/aromatic N) is 1. The number of rotatable bonds is 7. The van der Waals surface area contributed by atoms with Gasteiger partial charge in [0.25, 0.3) is 5.69 Å². The maximum absolute atomic E-state index is 11.3. The van der Waals surface area contributed by atoms with Gasteiger partial charge in [0, 0.05) is 32.3 Å². The first-order chi connectivity index (χ1) is 9.13. The van der Waals surface area contributed by atoms with E-state index in [0.29, 0.717) is 26.1 Å². The third kappa shape index (κ3) is 5.82. The quantitative estimate of drug-likeness (QED) is 0.439. The highest BCUT2D eigenvalue weighted by Crippen LogP contribution is 2.11. The predicted octanol–water partition coefficient (Wildman–Crippen LogP) is 1.08. The molecule has 19 heavy (non-hydrogen) atoms. The van der Waals surface area contributed by atoms with Crippen LogP contribution in [0.1, 0.15) is 5.56 Å². The standard InChI is InChI=1S/C12H17N3O4/c1-19-9-8-14-12(16)13-7-6-10-2-4-11(5-3-10)15(17)18/h2-5H,6-9H2,1H3,(H2,13,14,16). The molecule has 0 radical (unpaired) electrons. The number of carbonyl (C=O) groups is 1.